The van der Waals surface area contributed by atoms with E-state index in [0.717, 1.165) is 12.8 Å². The third kappa shape index (κ3) is 1.34. The Labute approximate surface area is 94.3 Å². The van der Waals surface area contributed by atoms with Gasteiger partial charge in [-0.1, -0.05) is 0 Å². The van der Waals surface area contributed by atoms with Gasteiger partial charge in [-0.3, -0.25) is 9.59 Å². The van der Waals surface area contributed by atoms with Crippen LogP contribution in [0.15, 0.2) is 0 Å². The summed E-state index contributed by atoms with van der Waals surface area (Å²) in [5.41, 5.74) is 5.11. The molecule has 16 heavy (non-hydrogen) atoms. The highest BCUT2D eigenvalue weighted by molar-refractivity contribution is 5.85. The van der Waals surface area contributed by atoms with Crippen molar-refractivity contribution in [2.24, 2.45) is 23.5 Å². The summed E-state index contributed by atoms with van der Waals surface area (Å²) in [5.74, 6) is -0.842. The van der Waals surface area contributed by atoms with Crippen molar-refractivity contribution in [2.45, 2.75) is 24.8 Å². The van der Waals surface area contributed by atoms with Crippen molar-refractivity contribution in [2.75, 3.05) is 14.2 Å². The molecule has 2 fully saturated rings. The predicted octanol–water partition coefficient (Wildman–Crippen LogP) is 0.0760. The van der Waals surface area contributed by atoms with Crippen molar-refractivity contribution in [3.8, 4) is 0 Å². The quantitative estimate of drug-likeness (QED) is 0.676. The molecule has 0 spiro atoms. The van der Waals surface area contributed by atoms with Gasteiger partial charge < -0.3 is 15.2 Å². The zero-order valence-electron chi connectivity index (χ0n) is 9.56. The van der Waals surface area contributed by atoms with Gasteiger partial charge in [-0.2, -0.15) is 0 Å². The Kier molecular flexibility index (Phi) is 2.66. The van der Waals surface area contributed by atoms with E-state index in [0.29, 0.717) is 6.42 Å². The first-order valence-corrected chi connectivity index (χ1v) is 5.49. The highest BCUT2D eigenvalue weighted by Crippen LogP contribution is 2.54. The van der Waals surface area contributed by atoms with E-state index in [1.54, 1.807) is 0 Å². The van der Waals surface area contributed by atoms with Gasteiger partial charge in [0.25, 0.3) is 0 Å². The second kappa shape index (κ2) is 3.73. The average Bonchev–Trinajstić information content (AvgIpc) is 2.82. The normalized spacial score (nSPS) is 40.8. The lowest BCUT2D eigenvalue weighted by Crippen LogP contribution is -2.53. The Hall–Kier alpha value is -1.10. The number of nitrogens with two attached hydrogens (primary N) is 1. The zero-order chi connectivity index (χ0) is 11.9. The van der Waals surface area contributed by atoms with Crippen LogP contribution < -0.4 is 5.73 Å². The first-order chi connectivity index (χ1) is 7.54. The van der Waals surface area contributed by atoms with Gasteiger partial charge in [0.1, 0.15) is 5.54 Å². The number of fused-ring (bicyclic) bond motifs is 2. The molecule has 0 aromatic heterocycles. The summed E-state index contributed by atoms with van der Waals surface area (Å²) in [6.07, 6.45) is 2.28. The largest absolute Gasteiger partial charge is 0.469 e. The molecule has 0 aromatic rings. The van der Waals surface area contributed by atoms with Gasteiger partial charge in [-0.25, -0.2) is 0 Å². The maximum absolute atomic E-state index is 11.7. The molecule has 2 aliphatic carbocycles. The van der Waals surface area contributed by atoms with Crippen LogP contribution >= 0.6 is 0 Å². The van der Waals surface area contributed by atoms with Crippen molar-refractivity contribution in [3.05, 3.63) is 0 Å². The summed E-state index contributed by atoms with van der Waals surface area (Å²) in [4.78, 5) is 23.3. The van der Waals surface area contributed by atoms with E-state index >= 15 is 0 Å². The van der Waals surface area contributed by atoms with Crippen LogP contribution in [-0.4, -0.2) is 31.7 Å². The third-order valence-corrected chi connectivity index (χ3v) is 4.09. The van der Waals surface area contributed by atoms with Crippen LogP contribution in [-0.2, 0) is 19.1 Å². The number of rotatable bonds is 2. The monoisotopic (exact) mass is 227 g/mol. The second-order valence-corrected chi connectivity index (χ2v) is 4.73. The molecule has 2 aliphatic rings. The maximum Gasteiger partial charge on any atom is 0.326 e. The number of hydrogen-bond acceptors (Lipinski definition) is 5. The number of ether oxygens (including phenoxy) is 2. The van der Waals surface area contributed by atoms with Gasteiger partial charge in [0.05, 0.1) is 20.1 Å². The molecule has 5 nitrogen and oxygen atoms in total. The molecule has 4 atom stereocenters. The average molecular weight is 227 g/mol. The number of carbonyl (C=O) groups is 2. The van der Waals surface area contributed by atoms with Gasteiger partial charge in [-0.15, -0.1) is 0 Å². The molecule has 0 radical (unpaired) electrons. The van der Waals surface area contributed by atoms with E-state index < -0.39 is 11.5 Å². The van der Waals surface area contributed by atoms with Crippen molar-refractivity contribution in [1.29, 1.82) is 0 Å². The molecule has 2 bridgehead atoms. The third-order valence-electron chi connectivity index (χ3n) is 4.09. The minimum Gasteiger partial charge on any atom is -0.469 e. The molecule has 2 rings (SSSR count). The molecule has 2 N–H and O–H groups in total. The molecule has 0 heterocycles. The molecule has 90 valence electrons. The number of carbonyl (C=O) groups excluding carboxylic acids is 2. The molecular formula is C11H17NO4. The molecule has 0 amide bonds. The molecule has 5 heteroatoms. The van der Waals surface area contributed by atoms with Crippen LogP contribution in [0.25, 0.3) is 0 Å². The fourth-order valence-corrected chi connectivity index (χ4v) is 3.39. The van der Waals surface area contributed by atoms with Gasteiger partial charge in [-0.05, 0) is 25.2 Å². The van der Waals surface area contributed by atoms with Crippen LogP contribution in [0.3, 0.4) is 0 Å². The number of methoxy groups -OCH3 is 2. The lowest BCUT2D eigenvalue weighted by molar-refractivity contribution is -0.151. The Morgan fingerprint density at radius 1 is 1.25 bits per heavy atom. The zero-order valence-corrected chi connectivity index (χ0v) is 9.56. The second-order valence-electron chi connectivity index (χ2n) is 4.73. The summed E-state index contributed by atoms with van der Waals surface area (Å²) < 4.78 is 9.51. The van der Waals surface area contributed by atoms with Crippen molar-refractivity contribution in [1.82, 2.24) is 0 Å². The van der Waals surface area contributed by atoms with E-state index in [4.69, 9.17) is 15.2 Å². The molecule has 0 aromatic carbocycles. The first kappa shape index (κ1) is 11.4. The van der Waals surface area contributed by atoms with E-state index in [2.05, 4.69) is 0 Å². The summed E-state index contributed by atoms with van der Waals surface area (Å²) >= 11 is 0. The van der Waals surface area contributed by atoms with Crippen LogP contribution in [0.1, 0.15) is 19.3 Å². The highest BCUT2D eigenvalue weighted by Gasteiger charge is 2.62. The first-order valence-electron chi connectivity index (χ1n) is 5.49. The Balaban J connectivity index is 2.25. The van der Waals surface area contributed by atoms with E-state index in [1.165, 1.54) is 14.2 Å². The molecule has 0 aliphatic heterocycles. The van der Waals surface area contributed by atoms with Gasteiger partial charge in [0, 0.05) is 5.92 Å². The summed E-state index contributed by atoms with van der Waals surface area (Å²) in [7, 11) is 2.70. The minimum absolute atomic E-state index is 0.127. The fourth-order valence-electron chi connectivity index (χ4n) is 3.39. The molecule has 4 unspecified atom stereocenters. The number of hydrogen-bond donors (Lipinski definition) is 1. The van der Waals surface area contributed by atoms with E-state index in [-0.39, 0.29) is 23.7 Å². The molecule has 0 saturated heterocycles. The molecular weight excluding hydrogens is 210 g/mol. The van der Waals surface area contributed by atoms with Crippen molar-refractivity contribution >= 4 is 11.9 Å². The van der Waals surface area contributed by atoms with Crippen molar-refractivity contribution in [3.63, 3.8) is 0 Å². The lowest BCUT2D eigenvalue weighted by atomic mass is 9.81. The Bertz CT molecular complexity index is 330. The highest BCUT2D eigenvalue weighted by atomic mass is 16.5. The van der Waals surface area contributed by atoms with Crippen LogP contribution in [0.2, 0.25) is 0 Å². The predicted molar refractivity (Wildman–Crippen MR) is 55.3 cm³/mol. The minimum atomic E-state index is -0.990. The fraction of sp³-hybridized carbons (Fsp3) is 0.818. The number of esters is 2. The molecule has 2 saturated carbocycles. The standard InChI is InChI=1S/C11H17NO4/c1-15-9(13)8-6-3-4-7(8)11(12,5-6)10(14)16-2/h6-8H,3-5,12H2,1-2H3. The van der Waals surface area contributed by atoms with Gasteiger partial charge in [0.2, 0.25) is 0 Å². The summed E-state index contributed by atoms with van der Waals surface area (Å²) in [6, 6.07) is 0. The van der Waals surface area contributed by atoms with Crippen LogP contribution in [0.5, 0.6) is 0 Å². The van der Waals surface area contributed by atoms with Crippen molar-refractivity contribution < 1.29 is 19.1 Å². The topological polar surface area (TPSA) is 78.6 Å². The van der Waals surface area contributed by atoms with E-state index in [1.807, 2.05) is 0 Å². The Morgan fingerprint density at radius 2 is 1.94 bits per heavy atom. The maximum atomic E-state index is 11.7. The SMILES string of the molecule is COC(=O)C1C2CCC1C(N)(C(=O)OC)C2. The lowest BCUT2D eigenvalue weighted by Gasteiger charge is -2.30. The Morgan fingerprint density at radius 3 is 2.50 bits per heavy atom. The summed E-state index contributed by atoms with van der Waals surface area (Å²) in [6.45, 7) is 0. The van der Waals surface area contributed by atoms with E-state index in [9.17, 15) is 9.59 Å². The van der Waals surface area contributed by atoms with Crippen LogP contribution in [0, 0.1) is 17.8 Å². The van der Waals surface area contributed by atoms with Crippen LogP contribution in [0.4, 0.5) is 0 Å². The smallest absolute Gasteiger partial charge is 0.326 e. The van der Waals surface area contributed by atoms with Gasteiger partial charge in [0.15, 0.2) is 0 Å². The summed E-state index contributed by atoms with van der Waals surface area (Å²) in [5, 5.41) is 0. The van der Waals surface area contributed by atoms with Gasteiger partial charge >= 0.3 is 11.9 Å².